The van der Waals surface area contributed by atoms with Gasteiger partial charge in [-0.2, -0.15) is 5.10 Å². The van der Waals surface area contributed by atoms with E-state index in [1.54, 1.807) is 10.9 Å². The number of hydrogen-bond donors (Lipinski definition) is 0. The maximum absolute atomic E-state index is 6.13. The second-order valence-corrected chi connectivity index (χ2v) is 11.1. The van der Waals surface area contributed by atoms with E-state index in [-0.39, 0.29) is 11.1 Å². The molecule has 0 aliphatic carbocycles. The first-order valence-corrected chi connectivity index (χ1v) is 9.33. The van der Waals surface area contributed by atoms with E-state index in [0.717, 1.165) is 5.88 Å². The average Bonchev–Trinajstić information content (AvgIpc) is 2.60. The molecule has 0 amide bonds. The molecule has 1 aromatic rings. The van der Waals surface area contributed by atoms with Crippen LogP contribution in [0.2, 0.25) is 18.1 Å². The maximum atomic E-state index is 6.13. The van der Waals surface area contributed by atoms with Gasteiger partial charge in [0.15, 0.2) is 8.32 Å². The van der Waals surface area contributed by atoms with Crippen molar-refractivity contribution >= 4 is 8.32 Å². The fourth-order valence-electron chi connectivity index (χ4n) is 1.26. The molecule has 4 nitrogen and oxygen atoms in total. The van der Waals surface area contributed by atoms with Gasteiger partial charge in [0.1, 0.15) is 6.10 Å². The first kappa shape index (κ1) is 15.2. The Morgan fingerprint density at radius 3 is 2.44 bits per heavy atom. The molecular weight excluding hydrogens is 244 g/mol. The highest BCUT2D eigenvalue weighted by atomic mass is 28.4. The standard InChI is InChI=1S/C13H26N2O2Si/c1-11(17-12-8-9-14-15(12)5)10-16-18(6,7)13(2,3)4/h8-9,11H,10H2,1-7H3/t11-/m0/s1. The Balaban J connectivity index is 2.47. The summed E-state index contributed by atoms with van der Waals surface area (Å²) in [6.07, 6.45) is 1.77. The van der Waals surface area contributed by atoms with Gasteiger partial charge >= 0.3 is 0 Å². The fraction of sp³-hybridized carbons (Fsp3) is 0.769. The SMILES string of the molecule is C[C@@H](CO[Si](C)(C)C(C)(C)C)Oc1ccnn1C. The van der Waals surface area contributed by atoms with E-state index >= 15 is 0 Å². The minimum Gasteiger partial charge on any atom is -0.472 e. The Morgan fingerprint density at radius 2 is 2.00 bits per heavy atom. The summed E-state index contributed by atoms with van der Waals surface area (Å²) < 4.78 is 13.6. The maximum Gasteiger partial charge on any atom is 0.211 e. The van der Waals surface area contributed by atoms with Gasteiger partial charge in [-0.1, -0.05) is 20.8 Å². The van der Waals surface area contributed by atoms with Crippen LogP contribution in [0, 0.1) is 0 Å². The van der Waals surface area contributed by atoms with Crippen molar-refractivity contribution in [3.8, 4) is 5.88 Å². The summed E-state index contributed by atoms with van der Waals surface area (Å²) in [7, 11) is 0.187. The van der Waals surface area contributed by atoms with Crippen molar-refractivity contribution in [2.24, 2.45) is 7.05 Å². The molecule has 0 saturated carbocycles. The Hall–Kier alpha value is -0.813. The van der Waals surface area contributed by atoms with Gasteiger partial charge in [-0.05, 0) is 25.1 Å². The number of ether oxygens (including phenoxy) is 1. The van der Waals surface area contributed by atoms with Gasteiger partial charge in [-0.15, -0.1) is 0 Å². The van der Waals surface area contributed by atoms with Gasteiger partial charge in [0.05, 0.1) is 12.8 Å². The second-order valence-electron chi connectivity index (χ2n) is 6.29. The largest absolute Gasteiger partial charge is 0.472 e. The molecular formula is C13H26N2O2Si. The second kappa shape index (κ2) is 5.44. The highest BCUT2D eigenvalue weighted by molar-refractivity contribution is 6.74. The first-order chi connectivity index (χ1) is 8.13. The molecule has 5 heteroatoms. The predicted octanol–water partition coefficient (Wildman–Crippen LogP) is 3.21. The van der Waals surface area contributed by atoms with Crippen molar-refractivity contribution in [1.82, 2.24) is 9.78 Å². The molecule has 104 valence electrons. The van der Waals surface area contributed by atoms with Crippen LogP contribution in [-0.4, -0.2) is 30.8 Å². The van der Waals surface area contributed by atoms with Crippen molar-refractivity contribution < 1.29 is 9.16 Å². The van der Waals surface area contributed by atoms with Crippen molar-refractivity contribution in [3.63, 3.8) is 0 Å². The summed E-state index contributed by atoms with van der Waals surface area (Å²) in [6, 6.07) is 1.86. The molecule has 1 heterocycles. The van der Waals surface area contributed by atoms with Crippen molar-refractivity contribution in [1.29, 1.82) is 0 Å². The summed E-state index contributed by atoms with van der Waals surface area (Å²) in [5.74, 6) is 0.779. The van der Waals surface area contributed by atoms with Crippen LogP contribution in [0.25, 0.3) is 0 Å². The third-order valence-corrected chi connectivity index (χ3v) is 8.08. The number of aromatic nitrogens is 2. The lowest BCUT2D eigenvalue weighted by Crippen LogP contribution is -2.43. The van der Waals surface area contributed by atoms with Crippen LogP contribution in [0.15, 0.2) is 12.3 Å². The lowest BCUT2D eigenvalue weighted by molar-refractivity contribution is 0.125. The summed E-state index contributed by atoms with van der Waals surface area (Å²) in [5.41, 5.74) is 0. The van der Waals surface area contributed by atoms with Crippen molar-refractivity contribution in [2.45, 2.75) is 51.9 Å². The normalized spacial score (nSPS) is 14.6. The van der Waals surface area contributed by atoms with Gasteiger partial charge < -0.3 is 9.16 Å². The molecule has 0 bridgehead atoms. The number of aryl methyl sites for hydroxylation is 1. The van der Waals surface area contributed by atoms with E-state index in [0.29, 0.717) is 6.61 Å². The van der Waals surface area contributed by atoms with Crippen LogP contribution in [0.4, 0.5) is 0 Å². The highest BCUT2D eigenvalue weighted by Gasteiger charge is 2.37. The van der Waals surface area contributed by atoms with Crippen molar-refractivity contribution in [3.05, 3.63) is 12.3 Å². The van der Waals surface area contributed by atoms with E-state index in [4.69, 9.17) is 9.16 Å². The number of rotatable bonds is 5. The van der Waals surface area contributed by atoms with E-state index in [1.807, 2.05) is 20.0 Å². The third kappa shape index (κ3) is 3.85. The summed E-state index contributed by atoms with van der Waals surface area (Å²) >= 11 is 0. The molecule has 0 radical (unpaired) electrons. The molecule has 1 atom stereocenters. The zero-order valence-electron chi connectivity index (χ0n) is 12.7. The minimum atomic E-state index is -1.68. The van der Waals surface area contributed by atoms with Gasteiger partial charge in [-0.3, -0.25) is 0 Å². The summed E-state index contributed by atoms with van der Waals surface area (Å²) in [6.45, 7) is 13.9. The molecule has 1 aromatic heterocycles. The molecule has 0 unspecified atom stereocenters. The zero-order valence-corrected chi connectivity index (χ0v) is 13.7. The number of hydrogen-bond acceptors (Lipinski definition) is 3. The van der Waals surface area contributed by atoms with Crippen LogP contribution in [0.5, 0.6) is 5.88 Å². The quantitative estimate of drug-likeness (QED) is 0.771. The molecule has 0 fully saturated rings. The van der Waals surface area contributed by atoms with E-state index in [2.05, 4.69) is 39.0 Å². The minimum absolute atomic E-state index is 0.0366. The topological polar surface area (TPSA) is 36.3 Å². The van der Waals surface area contributed by atoms with E-state index in [1.165, 1.54) is 0 Å². The molecule has 0 N–H and O–H groups in total. The lowest BCUT2D eigenvalue weighted by Gasteiger charge is -2.36. The van der Waals surface area contributed by atoms with Crippen LogP contribution in [0.1, 0.15) is 27.7 Å². The Morgan fingerprint density at radius 1 is 1.39 bits per heavy atom. The average molecular weight is 270 g/mol. The van der Waals surface area contributed by atoms with Gasteiger partial charge in [0.25, 0.3) is 0 Å². The zero-order chi connectivity index (χ0) is 14.0. The van der Waals surface area contributed by atoms with Crippen molar-refractivity contribution in [2.75, 3.05) is 6.61 Å². The summed E-state index contributed by atoms with van der Waals surface area (Å²) in [5, 5.41) is 4.31. The molecule has 0 spiro atoms. The smallest absolute Gasteiger partial charge is 0.211 e. The molecule has 1 rings (SSSR count). The molecule has 0 aromatic carbocycles. The third-order valence-electron chi connectivity index (χ3n) is 3.58. The predicted molar refractivity (Wildman–Crippen MR) is 76.4 cm³/mol. The van der Waals surface area contributed by atoms with Gasteiger partial charge in [0.2, 0.25) is 5.88 Å². The van der Waals surface area contributed by atoms with E-state index < -0.39 is 8.32 Å². The Bertz CT molecular complexity index is 383. The van der Waals surface area contributed by atoms with Gasteiger partial charge in [-0.25, -0.2) is 4.68 Å². The van der Waals surface area contributed by atoms with Crippen LogP contribution in [-0.2, 0) is 11.5 Å². The summed E-state index contributed by atoms with van der Waals surface area (Å²) in [4.78, 5) is 0. The molecule has 0 aliphatic heterocycles. The number of nitrogens with zero attached hydrogens (tertiary/aromatic N) is 2. The lowest BCUT2D eigenvalue weighted by atomic mass is 10.2. The van der Waals surface area contributed by atoms with Crippen LogP contribution >= 0.6 is 0 Å². The molecule has 0 saturated heterocycles. The first-order valence-electron chi connectivity index (χ1n) is 6.42. The van der Waals surface area contributed by atoms with Crippen LogP contribution < -0.4 is 4.74 Å². The Labute approximate surface area is 111 Å². The molecule has 0 aliphatic rings. The van der Waals surface area contributed by atoms with E-state index in [9.17, 15) is 0 Å². The fourth-order valence-corrected chi connectivity index (χ4v) is 2.34. The molecule has 18 heavy (non-hydrogen) atoms. The van der Waals surface area contributed by atoms with Crippen LogP contribution in [0.3, 0.4) is 0 Å². The highest BCUT2D eigenvalue weighted by Crippen LogP contribution is 2.36. The Kier molecular flexibility index (Phi) is 4.61. The van der Waals surface area contributed by atoms with Gasteiger partial charge in [0, 0.05) is 13.1 Å². The monoisotopic (exact) mass is 270 g/mol.